The second-order valence-electron chi connectivity index (χ2n) is 3.31. The second kappa shape index (κ2) is 4.01. The van der Waals surface area contributed by atoms with Gasteiger partial charge < -0.3 is 4.57 Å². The maximum absolute atomic E-state index is 10.1. The molecule has 0 aliphatic rings. The Balaban J connectivity index is 2.69. The van der Waals surface area contributed by atoms with Crippen molar-refractivity contribution in [2.45, 2.75) is 6.54 Å². The first-order chi connectivity index (χ1) is 7.24. The molecule has 0 radical (unpaired) electrons. The quantitative estimate of drug-likeness (QED) is 0.607. The van der Waals surface area contributed by atoms with E-state index in [1.165, 1.54) is 0 Å². The SMILES string of the molecule is Cn1cc(Br)c2cccc(CN=C=O)c21. The first kappa shape index (κ1) is 10.1. The molecule has 0 aliphatic heterocycles. The van der Waals surface area contributed by atoms with E-state index in [2.05, 4.69) is 20.9 Å². The van der Waals surface area contributed by atoms with Gasteiger partial charge >= 0.3 is 0 Å². The van der Waals surface area contributed by atoms with Gasteiger partial charge in [0.05, 0.1) is 12.1 Å². The van der Waals surface area contributed by atoms with Gasteiger partial charge in [-0.05, 0) is 21.5 Å². The molecule has 0 atom stereocenters. The first-order valence-corrected chi connectivity index (χ1v) is 5.29. The molecule has 15 heavy (non-hydrogen) atoms. The normalized spacial score (nSPS) is 10.3. The summed E-state index contributed by atoms with van der Waals surface area (Å²) in [6.45, 7) is 0.380. The van der Waals surface area contributed by atoms with Crippen LogP contribution in [0.1, 0.15) is 5.56 Å². The van der Waals surface area contributed by atoms with Gasteiger partial charge in [0, 0.05) is 23.1 Å². The summed E-state index contributed by atoms with van der Waals surface area (Å²) < 4.78 is 3.08. The van der Waals surface area contributed by atoms with Gasteiger partial charge in [0.2, 0.25) is 6.08 Å². The molecule has 0 unspecified atom stereocenters. The summed E-state index contributed by atoms with van der Waals surface area (Å²) in [5, 5.41) is 1.14. The van der Waals surface area contributed by atoms with Gasteiger partial charge in [-0.15, -0.1) is 0 Å². The summed E-state index contributed by atoms with van der Waals surface area (Å²) in [6.07, 6.45) is 3.56. The highest BCUT2D eigenvalue weighted by Gasteiger charge is 2.07. The molecule has 0 bridgehead atoms. The molecule has 2 aromatic rings. The number of aryl methyl sites for hydroxylation is 1. The molecule has 4 heteroatoms. The fraction of sp³-hybridized carbons (Fsp3) is 0.182. The van der Waals surface area contributed by atoms with E-state index >= 15 is 0 Å². The number of isocyanates is 1. The lowest BCUT2D eigenvalue weighted by Crippen LogP contribution is -1.90. The van der Waals surface area contributed by atoms with Crippen LogP contribution in [0.2, 0.25) is 0 Å². The Morgan fingerprint density at radius 2 is 2.33 bits per heavy atom. The molecular weight excluding hydrogens is 256 g/mol. The van der Waals surface area contributed by atoms with Gasteiger partial charge in [-0.25, -0.2) is 9.79 Å². The zero-order valence-corrected chi connectivity index (χ0v) is 9.78. The minimum Gasteiger partial charge on any atom is -0.349 e. The monoisotopic (exact) mass is 264 g/mol. The largest absolute Gasteiger partial charge is 0.349 e. The van der Waals surface area contributed by atoms with Crippen LogP contribution in [0.15, 0.2) is 33.9 Å². The predicted octanol–water partition coefficient (Wildman–Crippen LogP) is 2.78. The van der Waals surface area contributed by atoms with Crippen LogP contribution >= 0.6 is 15.9 Å². The molecule has 0 saturated heterocycles. The molecule has 2 rings (SSSR count). The van der Waals surface area contributed by atoms with Crippen molar-refractivity contribution < 1.29 is 4.79 Å². The molecule has 0 N–H and O–H groups in total. The Hall–Kier alpha value is -1.38. The lowest BCUT2D eigenvalue weighted by Gasteiger charge is -2.01. The van der Waals surface area contributed by atoms with Crippen LogP contribution in [0.3, 0.4) is 0 Å². The van der Waals surface area contributed by atoms with Gasteiger partial charge in [0.15, 0.2) is 0 Å². The smallest absolute Gasteiger partial charge is 0.235 e. The lowest BCUT2D eigenvalue weighted by molar-refractivity contribution is 0.563. The number of para-hydroxylation sites is 1. The van der Waals surface area contributed by atoms with E-state index in [1.54, 1.807) is 6.08 Å². The molecule has 0 saturated carbocycles. The highest BCUT2D eigenvalue weighted by atomic mass is 79.9. The van der Waals surface area contributed by atoms with Crippen molar-refractivity contribution in [2.24, 2.45) is 12.0 Å². The van der Waals surface area contributed by atoms with E-state index in [-0.39, 0.29) is 0 Å². The van der Waals surface area contributed by atoms with Crippen LogP contribution in [0.4, 0.5) is 0 Å². The molecule has 1 aromatic heterocycles. The first-order valence-electron chi connectivity index (χ1n) is 4.50. The Bertz CT molecular complexity index is 553. The minimum absolute atomic E-state index is 0.380. The van der Waals surface area contributed by atoms with Crippen LogP contribution in [-0.4, -0.2) is 10.6 Å². The summed E-state index contributed by atoms with van der Waals surface area (Å²) in [7, 11) is 1.97. The third-order valence-electron chi connectivity index (χ3n) is 2.35. The summed E-state index contributed by atoms with van der Waals surface area (Å²) in [6, 6.07) is 5.96. The van der Waals surface area contributed by atoms with Gasteiger partial charge in [-0.3, -0.25) is 0 Å². The molecule has 1 aromatic carbocycles. The highest BCUT2D eigenvalue weighted by molar-refractivity contribution is 9.10. The summed E-state index contributed by atoms with van der Waals surface area (Å²) >= 11 is 3.49. The molecule has 76 valence electrons. The Labute approximate surface area is 95.6 Å². The maximum atomic E-state index is 10.1. The zero-order chi connectivity index (χ0) is 10.8. The number of hydrogen-bond acceptors (Lipinski definition) is 2. The van der Waals surface area contributed by atoms with Crippen LogP contribution in [0.25, 0.3) is 10.9 Å². The van der Waals surface area contributed by atoms with Crippen LogP contribution < -0.4 is 0 Å². The molecule has 0 aliphatic carbocycles. The fourth-order valence-electron chi connectivity index (χ4n) is 1.75. The average molecular weight is 265 g/mol. The van der Waals surface area contributed by atoms with Crippen molar-refractivity contribution in [3.8, 4) is 0 Å². The van der Waals surface area contributed by atoms with Gasteiger partial charge in [-0.1, -0.05) is 18.2 Å². The van der Waals surface area contributed by atoms with Crippen molar-refractivity contribution in [2.75, 3.05) is 0 Å². The van der Waals surface area contributed by atoms with Crippen molar-refractivity contribution in [1.82, 2.24) is 4.57 Å². The third kappa shape index (κ3) is 1.74. The molecule has 0 fully saturated rings. The number of carbonyl (C=O) groups excluding carboxylic acids is 1. The van der Waals surface area contributed by atoms with E-state index in [1.807, 2.05) is 36.0 Å². The Morgan fingerprint density at radius 3 is 3.07 bits per heavy atom. The minimum atomic E-state index is 0.380. The van der Waals surface area contributed by atoms with E-state index in [9.17, 15) is 4.79 Å². The number of rotatable bonds is 2. The molecule has 1 heterocycles. The number of nitrogens with zero attached hydrogens (tertiary/aromatic N) is 2. The number of aromatic nitrogens is 1. The summed E-state index contributed by atoms with van der Waals surface area (Å²) in [4.78, 5) is 13.7. The molecule has 3 nitrogen and oxygen atoms in total. The predicted molar refractivity (Wildman–Crippen MR) is 62.4 cm³/mol. The zero-order valence-electron chi connectivity index (χ0n) is 8.20. The maximum Gasteiger partial charge on any atom is 0.235 e. The van der Waals surface area contributed by atoms with Gasteiger partial charge in [0.25, 0.3) is 0 Å². The molecule has 0 amide bonds. The standard InChI is InChI=1S/C11H9BrN2O/c1-14-6-10(12)9-4-2-3-8(11(9)14)5-13-7-15/h2-4,6H,5H2,1H3. The fourth-order valence-corrected chi connectivity index (χ4v) is 2.38. The van der Waals surface area contributed by atoms with Crippen LogP contribution in [0, 0.1) is 0 Å². The summed E-state index contributed by atoms with van der Waals surface area (Å²) in [5.41, 5.74) is 2.13. The van der Waals surface area contributed by atoms with Crippen molar-refractivity contribution in [3.05, 3.63) is 34.4 Å². The number of fused-ring (bicyclic) bond motifs is 1. The van der Waals surface area contributed by atoms with Crippen LogP contribution in [0.5, 0.6) is 0 Å². The second-order valence-corrected chi connectivity index (χ2v) is 4.16. The highest BCUT2D eigenvalue weighted by Crippen LogP contribution is 2.28. The summed E-state index contributed by atoms with van der Waals surface area (Å²) in [5.74, 6) is 0. The molecular formula is C11H9BrN2O. The average Bonchev–Trinajstić information content (AvgIpc) is 2.53. The van der Waals surface area contributed by atoms with Gasteiger partial charge in [-0.2, -0.15) is 0 Å². The van der Waals surface area contributed by atoms with Crippen molar-refractivity contribution in [3.63, 3.8) is 0 Å². The lowest BCUT2D eigenvalue weighted by atomic mass is 10.1. The van der Waals surface area contributed by atoms with E-state index < -0.39 is 0 Å². The van der Waals surface area contributed by atoms with Crippen LogP contribution in [-0.2, 0) is 18.4 Å². The number of hydrogen-bond donors (Lipinski definition) is 0. The van der Waals surface area contributed by atoms with Crippen molar-refractivity contribution in [1.29, 1.82) is 0 Å². The van der Waals surface area contributed by atoms with Gasteiger partial charge in [0.1, 0.15) is 0 Å². The topological polar surface area (TPSA) is 34.4 Å². The van der Waals surface area contributed by atoms with Crippen molar-refractivity contribution >= 4 is 32.9 Å². The number of halogens is 1. The number of aliphatic imine (C=N–C) groups is 1. The molecule has 0 spiro atoms. The third-order valence-corrected chi connectivity index (χ3v) is 2.98. The van der Waals surface area contributed by atoms with E-state index in [0.717, 1.165) is 20.9 Å². The van der Waals surface area contributed by atoms with E-state index in [4.69, 9.17) is 0 Å². The van der Waals surface area contributed by atoms with E-state index in [0.29, 0.717) is 6.54 Å². The Morgan fingerprint density at radius 1 is 1.53 bits per heavy atom. The number of benzene rings is 1. The Kier molecular flexibility index (Phi) is 2.71.